The fourth-order valence-corrected chi connectivity index (χ4v) is 1.71. The van der Waals surface area contributed by atoms with Crippen molar-refractivity contribution >= 4 is 7.82 Å². The van der Waals surface area contributed by atoms with E-state index in [1.54, 1.807) is 0 Å². The van der Waals surface area contributed by atoms with Crippen molar-refractivity contribution in [3.8, 4) is 0 Å². The van der Waals surface area contributed by atoms with Gasteiger partial charge in [0, 0.05) is 0 Å². The van der Waals surface area contributed by atoms with Crippen LogP contribution < -0.4 is 113 Å². The van der Waals surface area contributed by atoms with Gasteiger partial charge < -0.3 is 71.4 Å². The molecule has 5 unspecified atom stereocenters. The third-order valence-electron chi connectivity index (χ3n) is 2.08. The summed E-state index contributed by atoms with van der Waals surface area (Å²) in [4.78, 5) is 20.6. The Bertz CT molecular complexity index is 288. The van der Waals surface area contributed by atoms with Crippen LogP contribution >= 0.6 is 7.82 Å². The van der Waals surface area contributed by atoms with Crippen LogP contribution in [0.2, 0.25) is 0 Å². The maximum atomic E-state index is 10.3. The minimum absolute atomic E-state index is 0. The second kappa shape index (κ2) is 19.7. The Hall–Kier alpha value is 2.98. The van der Waals surface area contributed by atoms with Gasteiger partial charge in [-0.2, -0.15) is 0 Å². The van der Waals surface area contributed by atoms with Crippen LogP contribution in [0.1, 0.15) is 0 Å². The Balaban J connectivity index is -0.0000000731. The van der Waals surface area contributed by atoms with Crippen molar-refractivity contribution in [2.45, 2.75) is 30.7 Å². The number of phosphoric ester groups is 1. The second-order valence-corrected chi connectivity index (χ2v) is 4.36. The maximum Gasteiger partial charge on any atom is 1.00 e. The zero-order chi connectivity index (χ0) is 12.5. The molecule has 14 nitrogen and oxygen atoms in total. The number of aliphatic hydroxyl groups is 4. The molecule has 23 heavy (non-hydrogen) atoms. The van der Waals surface area contributed by atoms with Crippen molar-refractivity contribution in [2.24, 2.45) is 0 Å². The molecule has 14 N–H and O–H groups in total. The predicted octanol–water partition coefficient (Wildman–Crippen LogP) is -14.5. The molecule has 5 atom stereocenters. The summed E-state index contributed by atoms with van der Waals surface area (Å²) < 4.78 is 18.7. The fourth-order valence-electron chi connectivity index (χ4n) is 1.28. The van der Waals surface area contributed by atoms with Gasteiger partial charge in [-0.3, -0.25) is 0 Å². The Morgan fingerprint density at radius 1 is 0.913 bits per heavy atom. The topological polar surface area (TPSA) is 320 Å². The van der Waals surface area contributed by atoms with Crippen molar-refractivity contribution in [3.05, 3.63) is 0 Å². The smallest absolute Gasteiger partial charge is 0.790 e. The molecule has 0 aromatic heterocycles. The van der Waals surface area contributed by atoms with Gasteiger partial charge in [0.1, 0.15) is 24.4 Å². The molecule has 0 radical (unpaired) electrons. The number of ether oxygens (including phenoxy) is 1. The van der Waals surface area contributed by atoms with E-state index in [1.807, 2.05) is 0 Å². The Morgan fingerprint density at radius 2 is 1.30 bits per heavy atom. The number of hydrogen-bond donors (Lipinski definition) is 4. The minimum atomic E-state index is -5.41. The predicted molar refractivity (Wildman–Crippen MR) is 60.5 cm³/mol. The van der Waals surface area contributed by atoms with Gasteiger partial charge in [0.25, 0.3) is 0 Å². The van der Waals surface area contributed by atoms with Crippen molar-refractivity contribution in [2.75, 3.05) is 6.61 Å². The second-order valence-electron chi connectivity index (χ2n) is 3.25. The molecule has 0 aromatic rings. The van der Waals surface area contributed by atoms with Crippen LogP contribution in [0.5, 0.6) is 0 Å². The zero-order valence-corrected chi connectivity index (χ0v) is 19.5. The quantitative estimate of drug-likeness (QED) is 0.245. The zero-order valence-electron chi connectivity index (χ0n) is 12.4. The van der Waals surface area contributed by atoms with Crippen molar-refractivity contribution in [1.82, 2.24) is 0 Å². The minimum Gasteiger partial charge on any atom is -0.790 e. The molecule has 1 heterocycles. The summed E-state index contributed by atoms with van der Waals surface area (Å²) in [5.74, 6) is 0. The van der Waals surface area contributed by atoms with E-state index in [-0.39, 0.29) is 130 Å². The van der Waals surface area contributed by atoms with Crippen molar-refractivity contribution in [1.29, 1.82) is 0 Å². The molecule has 0 saturated carbocycles. The first-order valence-electron chi connectivity index (χ1n) is 4.27. The van der Waals surface area contributed by atoms with E-state index < -0.39 is 45.1 Å². The molecule has 0 amide bonds. The van der Waals surface area contributed by atoms with Crippen LogP contribution in [0.3, 0.4) is 0 Å². The van der Waals surface area contributed by atoms with Crippen LogP contribution in [-0.2, 0) is 13.8 Å². The third-order valence-corrected chi connectivity index (χ3v) is 2.55. The van der Waals surface area contributed by atoms with Crippen LogP contribution in [-0.4, -0.2) is 85.1 Å². The van der Waals surface area contributed by atoms with E-state index in [4.69, 9.17) is 5.11 Å². The summed E-state index contributed by atoms with van der Waals surface area (Å²) in [5, 5.41) is 36.5. The first-order valence-corrected chi connectivity index (χ1v) is 5.73. The standard InChI is InChI=1S/C6H13O9P.2K.5H2O/c7-1-2-3(8)4(9)5(10)6(14-2)15-16(11,12)13;;;;;;;/h2-10H,1H2,(H2,11,12,13);;;5*1H2/q;2*+1;;;;;/p-2. The molecule has 136 valence electrons. The van der Waals surface area contributed by atoms with Gasteiger partial charge in [-0.05, 0) is 0 Å². The molecule has 17 heteroatoms. The maximum absolute atomic E-state index is 10.3. The number of aliphatic hydroxyl groups excluding tert-OH is 4. The third kappa shape index (κ3) is 14.7. The Kier molecular flexibility index (Phi) is 38.6. The molecule has 0 bridgehead atoms. The molecule has 1 saturated heterocycles. The summed E-state index contributed by atoms with van der Waals surface area (Å²) in [6, 6.07) is 0. The SMILES string of the molecule is O.O.O.O.O.O=P([O-])([O-])OC1OC(CO)C(O)C(O)C1O.[K+].[K+]. The largest absolute Gasteiger partial charge is 1.00 e. The monoisotopic (exact) mass is 426 g/mol. The number of rotatable bonds is 3. The summed E-state index contributed by atoms with van der Waals surface area (Å²) in [6.07, 6.45) is -8.61. The average molecular weight is 426 g/mol. The number of phosphoric acid groups is 1. The van der Waals surface area contributed by atoms with E-state index in [9.17, 15) is 29.7 Å². The number of hydrogen-bond acceptors (Lipinski definition) is 9. The van der Waals surface area contributed by atoms with E-state index >= 15 is 0 Å². The van der Waals surface area contributed by atoms with Gasteiger partial charge in [-0.15, -0.1) is 0 Å². The molecule has 0 aliphatic carbocycles. The van der Waals surface area contributed by atoms with Gasteiger partial charge in [0.05, 0.1) is 14.4 Å². The van der Waals surface area contributed by atoms with E-state index in [2.05, 4.69) is 9.26 Å². The summed E-state index contributed by atoms with van der Waals surface area (Å²) >= 11 is 0. The molecule has 1 fully saturated rings. The Labute approximate surface area is 215 Å². The Morgan fingerprint density at radius 3 is 1.61 bits per heavy atom. The molecular formula is C6H21K2O14P. The van der Waals surface area contributed by atoms with E-state index in [0.29, 0.717) is 0 Å². The van der Waals surface area contributed by atoms with Gasteiger partial charge in [0.15, 0.2) is 6.29 Å². The van der Waals surface area contributed by atoms with E-state index in [1.165, 1.54) is 0 Å². The van der Waals surface area contributed by atoms with Crippen LogP contribution in [0, 0.1) is 0 Å². The van der Waals surface area contributed by atoms with Gasteiger partial charge in [-0.25, -0.2) is 0 Å². The molecule has 0 aromatic carbocycles. The van der Waals surface area contributed by atoms with Crippen LogP contribution in [0.15, 0.2) is 0 Å². The fraction of sp³-hybridized carbons (Fsp3) is 1.00. The molecular weight excluding hydrogens is 405 g/mol. The molecule has 1 aliphatic heterocycles. The van der Waals surface area contributed by atoms with Gasteiger partial charge in [0.2, 0.25) is 0 Å². The van der Waals surface area contributed by atoms with Crippen LogP contribution in [0.25, 0.3) is 0 Å². The summed E-state index contributed by atoms with van der Waals surface area (Å²) in [7, 11) is -5.41. The first-order chi connectivity index (χ1) is 7.26. The molecule has 0 spiro atoms. The molecule has 1 aliphatic rings. The van der Waals surface area contributed by atoms with Crippen LogP contribution in [0.4, 0.5) is 0 Å². The van der Waals surface area contributed by atoms with E-state index in [0.717, 1.165) is 0 Å². The van der Waals surface area contributed by atoms with Gasteiger partial charge in [-0.1, -0.05) is 0 Å². The summed E-state index contributed by atoms with van der Waals surface area (Å²) in [6.45, 7) is -0.743. The average Bonchev–Trinajstić information content (AvgIpc) is 2.17. The van der Waals surface area contributed by atoms with Gasteiger partial charge >= 0.3 is 103 Å². The van der Waals surface area contributed by atoms with Crippen molar-refractivity contribution < 1.29 is 174 Å². The van der Waals surface area contributed by atoms with Crippen molar-refractivity contribution in [3.63, 3.8) is 0 Å². The first kappa shape index (κ1) is 45.0. The molecule has 1 rings (SSSR count). The normalized spacial score (nSPS) is 28.5. The summed E-state index contributed by atoms with van der Waals surface area (Å²) in [5.41, 5.74) is 0.